The molecule has 0 saturated carbocycles. The van der Waals surface area contributed by atoms with Crippen LogP contribution in [0.3, 0.4) is 0 Å². The van der Waals surface area contributed by atoms with Crippen LogP contribution in [0.1, 0.15) is 22.3 Å². The number of carbonyl (C=O) groups excluding carboxylic acids is 2. The number of aromatic hydroxyl groups is 1. The van der Waals surface area contributed by atoms with Gasteiger partial charge in [-0.05, 0) is 29.3 Å². The zero-order valence-corrected chi connectivity index (χ0v) is 14.9. The van der Waals surface area contributed by atoms with Gasteiger partial charge in [0.1, 0.15) is 11.8 Å². The van der Waals surface area contributed by atoms with E-state index in [-0.39, 0.29) is 34.6 Å². The van der Waals surface area contributed by atoms with E-state index in [1.807, 2.05) is 24.3 Å². The van der Waals surface area contributed by atoms with Gasteiger partial charge in [-0.15, -0.1) is 0 Å². The summed E-state index contributed by atoms with van der Waals surface area (Å²) in [4.78, 5) is 27.2. The van der Waals surface area contributed by atoms with Crippen LogP contribution in [0, 0.1) is 0 Å². The number of carbonyl (C=O) groups is 2. The van der Waals surface area contributed by atoms with Crippen LogP contribution < -0.4 is 14.8 Å². The Morgan fingerprint density at radius 2 is 1.85 bits per heavy atom. The minimum absolute atomic E-state index is 0.138. The number of fused-ring (bicyclic) bond motifs is 2. The maximum atomic E-state index is 13.1. The predicted octanol–water partition coefficient (Wildman–Crippen LogP) is 2.62. The van der Waals surface area contributed by atoms with Crippen molar-refractivity contribution >= 4 is 23.1 Å². The Balaban J connectivity index is 1.73. The molecule has 7 heteroatoms. The zero-order chi connectivity index (χ0) is 19.1. The van der Waals surface area contributed by atoms with E-state index in [2.05, 4.69) is 5.32 Å². The minimum Gasteiger partial charge on any atom is -0.504 e. The largest absolute Gasteiger partial charge is 0.504 e. The average Bonchev–Trinajstić information content (AvgIpc) is 3.10. The zero-order valence-electron chi connectivity index (χ0n) is 14.9. The summed E-state index contributed by atoms with van der Waals surface area (Å²) in [6.45, 7) is 0. The lowest BCUT2D eigenvalue weighted by molar-refractivity contribution is -0.119. The lowest BCUT2D eigenvalue weighted by Gasteiger charge is -2.18. The molecule has 0 aromatic heterocycles. The van der Waals surface area contributed by atoms with E-state index < -0.39 is 6.04 Å². The SMILES string of the molecule is COc1ccc(C2=CN3C(=O)c4cc(OC)c(O)cc4NC(=O)[C@@H]3C2)cc1. The molecule has 2 aromatic rings. The van der Waals surface area contributed by atoms with E-state index in [1.165, 1.54) is 24.1 Å². The lowest BCUT2D eigenvalue weighted by atomic mass is 10.0. The van der Waals surface area contributed by atoms with Crippen molar-refractivity contribution < 1.29 is 24.2 Å². The van der Waals surface area contributed by atoms with E-state index in [4.69, 9.17) is 9.47 Å². The summed E-state index contributed by atoms with van der Waals surface area (Å²) >= 11 is 0. The summed E-state index contributed by atoms with van der Waals surface area (Å²) < 4.78 is 10.3. The molecular weight excluding hydrogens is 348 g/mol. The summed E-state index contributed by atoms with van der Waals surface area (Å²) in [7, 11) is 3.00. The van der Waals surface area contributed by atoms with Crippen LogP contribution in [0.5, 0.6) is 17.2 Å². The first-order chi connectivity index (χ1) is 13.0. The Morgan fingerprint density at radius 1 is 1.11 bits per heavy atom. The second-order valence-corrected chi connectivity index (χ2v) is 6.37. The number of methoxy groups -OCH3 is 2. The Labute approximate surface area is 155 Å². The highest BCUT2D eigenvalue weighted by atomic mass is 16.5. The van der Waals surface area contributed by atoms with Gasteiger partial charge in [0, 0.05) is 18.7 Å². The summed E-state index contributed by atoms with van der Waals surface area (Å²) in [5.74, 6) is 0.150. The normalized spacial score (nSPS) is 18.2. The average molecular weight is 366 g/mol. The standard InChI is InChI=1S/C20H18N2O5/c1-26-13-5-3-11(4-6-13)12-7-16-19(24)21-15-9-17(23)18(27-2)8-14(15)20(25)22(16)10-12/h3-6,8-10,16,23H,7H2,1-2H3,(H,21,24)/t16-/m0/s1. The first kappa shape index (κ1) is 17.0. The number of amides is 2. The van der Waals surface area contributed by atoms with Crippen molar-refractivity contribution in [3.63, 3.8) is 0 Å². The maximum absolute atomic E-state index is 13.1. The molecule has 0 saturated heterocycles. The topological polar surface area (TPSA) is 88.1 Å². The Morgan fingerprint density at radius 3 is 2.52 bits per heavy atom. The van der Waals surface area contributed by atoms with Gasteiger partial charge in [0.2, 0.25) is 5.91 Å². The molecule has 0 fully saturated rings. The number of anilines is 1. The van der Waals surface area contributed by atoms with Crippen LogP contribution in [-0.2, 0) is 4.79 Å². The number of ether oxygens (including phenoxy) is 2. The van der Waals surface area contributed by atoms with E-state index in [0.29, 0.717) is 6.42 Å². The van der Waals surface area contributed by atoms with Gasteiger partial charge >= 0.3 is 0 Å². The molecule has 138 valence electrons. The van der Waals surface area contributed by atoms with Crippen LogP contribution >= 0.6 is 0 Å². The molecule has 4 rings (SSSR count). The third kappa shape index (κ3) is 2.77. The number of phenols is 1. The van der Waals surface area contributed by atoms with E-state index in [9.17, 15) is 14.7 Å². The van der Waals surface area contributed by atoms with Crippen molar-refractivity contribution in [1.29, 1.82) is 0 Å². The molecule has 0 radical (unpaired) electrons. The van der Waals surface area contributed by atoms with Crippen molar-refractivity contribution in [1.82, 2.24) is 4.90 Å². The number of phenolic OH excluding ortho intramolecular Hbond substituents is 1. The number of nitrogens with one attached hydrogen (secondary N) is 1. The van der Waals surface area contributed by atoms with Crippen molar-refractivity contribution in [2.75, 3.05) is 19.5 Å². The van der Waals surface area contributed by atoms with Crippen molar-refractivity contribution in [2.45, 2.75) is 12.5 Å². The molecular formula is C20H18N2O5. The second-order valence-electron chi connectivity index (χ2n) is 6.37. The molecule has 2 aliphatic rings. The number of hydrogen-bond acceptors (Lipinski definition) is 5. The number of rotatable bonds is 3. The highest BCUT2D eigenvalue weighted by Gasteiger charge is 2.39. The number of benzene rings is 2. The summed E-state index contributed by atoms with van der Waals surface area (Å²) in [5, 5.41) is 12.7. The molecule has 0 aliphatic carbocycles. The van der Waals surface area contributed by atoms with Gasteiger partial charge < -0.3 is 24.8 Å². The third-order valence-electron chi connectivity index (χ3n) is 4.85. The van der Waals surface area contributed by atoms with Crippen molar-refractivity contribution in [3.8, 4) is 17.2 Å². The monoisotopic (exact) mass is 366 g/mol. The first-order valence-corrected chi connectivity index (χ1v) is 8.41. The van der Waals surface area contributed by atoms with E-state index in [0.717, 1.165) is 16.9 Å². The molecule has 2 aliphatic heterocycles. The molecule has 0 spiro atoms. The van der Waals surface area contributed by atoms with Gasteiger partial charge in [-0.1, -0.05) is 12.1 Å². The first-order valence-electron chi connectivity index (χ1n) is 8.41. The summed E-state index contributed by atoms with van der Waals surface area (Å²) in [6, 6.07) is 9.60. The van der Waals surface area contributed by atoms with Gasteiger partial charge in [-0.25, -0.2) is 0 Å². The lowest BCUT2D eigenvalue weighted by Crippen LogP contribution is -2.38. The summed E-state index contributed by atoms with van der Waals surface area (Å²) in [5.41, 5.74) is 2.36. The van der Waals surface area contributed by atoms with Crippen LogP contribution in [0.25, 0.3) is 5.57 Å². The van der Waals surface area contributed by atoms with Gasteiger partial charge in [0.25, 0.3) is 5.91 Å². The Kier molecular flexibility index (Phi) is 3.99. The molecule has 0 unspecified atom stereocenters. The molecule has 1 atom stereocenters. The predicted molar refractivity (Wildman–Crippen MR) is 98.8 cm³/mol. The molecule has 0 bridgehead atoms. The Hall–Kier alpha value is -3.48. The molecule has 2 N–H and O–H groups in total. The fourth-order valence-corrected chi connectivity index (χ4v) is 3.40. The third-order valence-corrected chi connectivity index (χ3v) is 4.85. The molecule has 27 heavy (non-hydrogen) atoms. The van der Waals surface area contributed by atoms with Gasteiger partial charge in [0.05, 0.1) is 25.5 Å². The Bertz CT molecular complexity index is 965. The summed E-state index contributed by atoms with van der Waals surface area (Å²) in [6.07, 6.45) is 2.11. The fourth-order valence-electron chi connectivity index (χ4n) is 3.40. The van der Waals surface area contributed by atoms with E-state index in [1.54, 1.807) is 13.3 Å². The molecule has 2 amide bonds. The molecule has 7 nitrogen and oxygen atoms in total. The van der Waals surface area contributed by atoms with Crippen molar-refractivity contribution in [3.05, 3.63) is 53.7 Å². The van der Waals surface area contributed by atoms with Crippen molar-refractivity contribution in [2.24, 2.45) is 0 Å². The highest BCUT2D eigenvalue weighted by Crippen LogP contribution is 2.39. The minimum atomic E-state index is -0.643. The van der Waals surface area contributed by atoms with Gasteiger partial charge in [0.15, 0.2) is 11.5 Å². The highest BCUT2D eigenvalue weighted by molar-refractivity contribution is 6.12. The number of nitrogens with zero attached hydrogens (tertiary/aromatic N) is 1. The van der Waals surface area contributed by atoms with Gasteiger partial charge in [-0.3, -0.25) is 9.59 Å². The van der Waals surface area contributed by atoms with E-state index >= 15 is 0 Å². The fraction of sp³-hybridized carbons (Fsp3) is 0.200. The van der Waals surface area contributed by atoms with Crippen LogP contribution in [-0.4, -0.2) is 42.1 Å². The molecule has 2 aromatic carbocycles. The molecule has 2 heterocycles. The maximum Gasteiger partial charge on any atom is 0.260 e. The quantitative estimate of drug-likeness (QED) is 0.872. The number of hydrogen-bond donors (Lipinski definition) is 2. The van der Waals surface area contributed by atoms with Gasteiger partial charge in [-0.2, -0.15) is 0 Å². The second kappa shape index (κ2) is 6.35. The van der Waals surface area contributed by atoms with Crippen LogP contribution in [0.15, 0.2) is 42.6 Å². The van der Waals surface area contributed by atoms with Crippen LogP contribution in [0.2, 0.25) is 0 Å². The van der Waals surface area contributed by atoms with Crippen LogP contribution in [0.4, 0.5) is 5.69 Å². The smallest absolute Gasteiger partial charge is 0.260 e.